The van der Waals surface area contributed by atoms with Crippen molar-refractivity contribution in [2.75, 3.05) is 14.2 Å². The summed E-state index contributed by atoms with van der Waals surface area (Å²) < 4.78 is 5.85. The van der Waals surface area contributed by atoms with Crippen molar-refractivity contribution in [3.63, 3.8) is 0 Å². The number of fused-ring (bicyclic) bond motifs is 1. The predicted molar refractivity (Wildman–Crippen MR) is 83.2 cm³/mol. The van der Waals surface area contributed by atoms with E-state index in [-0.39, 0.29) is 6.10 Å². The van der Waals surface area contributed by atoms with E-state index in [0.29, 0.717) is 12.0 Å². The Labute approximate surface area is 126 Å². The molecule has 0 bridgehead atoms. The molecule has 0 aliphatic heterocycles. The van der Waals surface area contributed by atoms with Crippen molar-refractivity contribution in [3.05, 3.63) is 15.6 Å². The van der Waals surface area contributed by atoms with Gasteiger partial charge in [0.1, 0.15) is 11.1 Å². The Hall–Kier alpha value is -0.450. The topological polar surface area (TPSA) is 34.2 Å². The first-order chi connectivity index (χ1) is 9.83. The smallest absolute Gasteiger partial charge is 0.122 e. The van der Waals surface area contributed by atoms with E-state index in [9.17, 15) is 0 Å². The highest BCUT2D eigenvalue weighted by Crippen LogP contribution is 2.41. The van der Waals surface area contributed by atoms with Crippen molar-refractivity contribution in [1.82, 2.24) is 10.3 Å². The molecule has 1 aromatic heterocycles. The average molecular weight is 294 g/mol. The Bertz CT molecular complexity index is 440. The van der Waals surface area contributed by atoms with Crippen LogP contribution >= 0.6 is 11.3 Å². The maximum absolute atomic E-state index is 5.85. The fraction of sp³-hybridized carbons (Fsp3) is 0.812. The lowest BCUT2D eigenvalue weighted by Crippen LogP contribution is -2.19. The van der Waals surface area contributed by atoms with Crippen LogP contribution in [0.3, 0.4) is 0 Å². The van der Waals surface area contributed by atoms with Crippen LogP contribution in [-0.4, -0.2) is 19.1 Å². The van der Waals surface area contributed by atoms with Crippen molar-refractivity contribution in [2.24, 2.45) is 5.92 Å². The second-order valence-electron chi connectivity index (χ2n) is 6.15. The molecule has 0 saturated heterocycles. The maximum Gasteiger partial charge on any atom is 0.122 e. The van der Waals surface area contributed by atoms with Crippen LogP contribution in [0.1, 0.15) is 72.7 Å². The predicted octanol–water partition coefficient (Wildman–Crippen LogP) is 4.01. The Morgan fingerprint density at radius 1 is 1.20 bits per heavy atom. The number of aryl methyl sites for hydroxylation is 1. The minimum atomic E-state index is 0.225. The molecule has 2 aliphatic carbocycles. The van der Waals surface area contributed by atoms with Crippen LogP contribution in [0.4, 0.5) is 0 Å². The third-order valence-electron chi connectivity index (χ3n) is 4.89. The van der Waals surface area contributed by atoms with Gasteiger partial charge in [0.15, 0.2) is 0 Å². The van der Waals surface area contributed by atoms with Crippen LogP contribution in [0, 0.1) is 5.92 Å². The average Bonchev–Trinajstić information content (AvgIpc) is 2.92. The number of thiazole rings is 1. The summed E-state index contributed by atoms with van der Waals surface area (Å²) >= 11 is 1.90. The third-order valence-corrected chi connectivity index (χ3v) is 6.16. The largest absolute Gasteiger partial charge is 0.374 e. The lowest BCUT2D eigenvalue weighted by Gasteiger charge is -2.27. The lowest BCUT2D eigenvalue weighted by molar-refractivity contribution is 0.0351. The molecule has 2 aliphatic rings. The van der Waals surface area contributed by atoms with Gasteiger partial charge in [-0.15, -0.1) is 11.3 Å². The zero-order valence-corrected chi connectivity index (χ0v) is 13.5. The fourth-order valence-electron chi connectivity index (χ4n) is 3.77. The SMILES string of the molecule is CNC1CCCc2nc(C(OC)C3CCCCC3)sc21. The molecular weight excluding hydrogens is 268 g/mol. The number of hydrogen-bond acceptors (Lipinski definition) is 4. The second kappa shape index (κ2) is 6.54. The molecule has 1 N–H and O–H groups in total. The van der Waals surface area contributed by atoms with Gasteiger partial charge in [0.05, 0.1) is 5.69 Å². The molecule has 112 valence electrons. The molecule has 1 saturated carbocycles. The molecule has 4 heteroatoms. The van der Waals surface area contributed by atoms with Crippen molar-refractivity contribution >= 4 is 11.3 Å². The van der Waals surface area contributed by atoms with Gasteiger partial charge in [-0.05, 0) is 45.1 Å². The summed E-state index contributed by atoms with van der Waals surface area (Å²) in [5.74, 6) is 0.675. The summed E-state index contributed by atoms with van der Waals surface area (Å²) in [6, 6.07) is 0.508. The number of methoxy groups -OCH3 is 1. The molecule has 2 unspecified atom stereocenters. The number of hydrogen-bond donors (Lipinski definition) is 1. The van der Waals surface area contributed by atoms with Gasteiger partial charge in [-0.2, -0.15) is 0 Å². The zero-order valence-electron chi connectivity index (χ0n) is 12.7. The van der Waals surface area contributed by atoms with E-state index in [1.165, 1.54) is 60.5 Å². The van der Waals surface area contributed by atoms with E-state index in [1.807, 2.05) is 18.4 Å². The Kier molecular flexibility index (Phi) is 4.74. The van der Waals surface area contributed by atoms with Crippen molar-refractivity contribution in [1.29, 1.82) is 0 Å². The highest BCUT2D eigenvalue weighted by molar-refractivity contribution is 7.11. The van der Waals surface area contributed by atoms with E-state index in [4.69, 9.17) is 9.72 Å². The Morgan fingerprint density at radius 3 is 2.70 bits per heavy atom. The van der Waals surface area contributed by atoms with Gasteiger partial charge in [-0.3, -0.25) is 0 Å². The first-order valence-electron chi connectivity index (χ1n) is 8.03. The number of rotatable bonds is 4. The van der Waals surface area contributed by atoms with Crippen LogP contribution in [0.25, 0.3) is 0 Å². The Morgan fingerprint density at radius 2 is 2.00 bits per heavy atom. The summed E-state index contributed by atoms with van der Waals surface area (Å²) in [5.41, 5.74) is 1.33. The molecule has 2 atom stereocenters. The van der Waals surface area contributed by atoms with Gasteiger partial charge in [0, 0.05) is 18.0 Å². The number of ether oxygens (including phenoxy) is 1. The summed E-state index contributed by atoms with van der Waals surface area (Å²) in [6.07, 6.45) is 10.6. The van der Waals surface area contributed by atoms with E-state index in [0.717, 1.165) is 6.42 Å². The molecule has 20 heavy (non-hydrogen) atoms. The standard InChI is InChI=1S/C16H26N2OS/c1-17-12-9-6-10-13-15(12)20-16(18-13)14(19-2)11-7-4-3-5-8-11/h11-12,14,17H,3-10H2,1-2H3. The summed E-state index contributed by atoms with van der Waals surface area (Å²) in [6.45, 7) is 0. The molecule has 0 amide bonds. The molecule has 1 fully saturated rings. The number of nitrogens with one attached hydrogen (secondary N) is 1. The van der Waals surface area contributed by atoms with Crippen molar-refractivity contribution < 1.29 is 4.74 Å². The van der Waals surface area contributed by atoms with E-state index in [2.05, 4.69) is 12.4 Å². The highest BCUT2D eigenvalue weighted by atomic mass is 32.1. The van der Waals surface area contributed by atoms with Gasteiger partial charge in [-0.1, -0.05) is 19.3 Å². The molecule has 3 nitrogen and oxygen atoms in total. The van der Waals surface area contributed by atoms with Gasteiger partial charge in [0.2, 0.25) is 0 Å². The first kappa shape index (κ1) is 14.5. The minimum Gasteiger partial charge on any atom is -0.374 e. The summed E-state index contributed by atoms with van der Waals surface area (Å²) in [5, 5.41) is 4.67. The molecule has 0 radical (unpaired) electrons. The first-order valence-corrected chi connectivity index (χ1v) is 8.84. The molecule has 3 rings (SSSR count). The Balaban J connectivity index is 1.83. The molecule has 1 heterocycles. The normalized spacial score (nSPS) is 25.4. The van der Waals surface area contributed by atoms with Crippen LogP contribution < -0.4 is 5.32 Å². The van der Waals surface area contributed by atoms with E-state index >= 15 is 0 Å². The minimum absolute atomic E-state index is 0.225. The van der Waals surface area contributed by atoms with Gasteiger partial charge in [0.25, 0.3) is 0 Å². The number of nitrogens with zero attached hydrogens (tertiary/aromatic N) is 1. The van der Waals surface area contributed by atoms with Gasteiger partial charge < -0.3 is 10.1 Å². The molecule has 0 aromatic carbocycles. The zero-order chi connectivity index (χ0) is 13.9. The van der Waals surface area contributed by atoms with Crippen LogP contribution in [0.15, 0.2) is 0 Å². The third kappa shape index (κ3) is 2.78. The van der Waals surface area contributed by atoms with E-state index < -0.39 is 0 Å². The molecule has 0 spiro atoms. The molecule has 1 aromatic rings. The van der Waals surface area contributed by atoms with Crippen LogP contribution in [-0.2, 0) is 11.2 Å². The quantitative estimate of drug-likeness (QED) is 0.911. The number of aromatic nitrogens is 1. The second-order valence-corrected chi connectivity index (χ2v) is 7.21. The van der Waals surface area contributed by atoms with Crippen LogP contribution in [0.2, 0.25) is 0 Å². The monoisotopic (exact) mass is 294 g/mol. The van der Waals surface area contributed by atoms with Gasteiger partial charge in [-0.25, -0.2) is 4.98 Å². The van der Waals surface area contributed by atoms with Crippen molar-refractivity contribution in [2.45, 2.75) is 63.5 Å². The maximum atomic E-state index is 5.85. The summed E-state index contributed by atoms with van der Waals surface area (Å²) in [7, 11) is 3.92. The summed E-state index contributed by atoms with van der Waals surface area (Å²) in [4.78, 5) is 6.41. The molecular formula is C16H26N2OS. The van der Waals surface area contributed by atoms with E-state index in [1.54, 1.807) is 0 Å². The highest BCUT2D eigenvalue weighted by Gasteiger charge is 2.31. The van der Waals surface area contributed by atoms with Crippen molar-refractivity contribution in [3.8, 4) is 0 Å². The lowest BCUT2D eigenvalue weighted by atomic mass is 9.85. The fourth-order valence-corrected chi connectivity index (χ4v) is 5.20. The van der Waals surface area contributed by atoms with Crippen LogP contribution in [0.5, 0.6) is 0 Å². The van der Waals surface area contributed by atoms with Gasteiger partial charge >= 0.3 is 0 Å².